The Kier molecular flexibility index (Phi) is 8.26. The van der Waals surface area contributed by atoms with Crippen molar-refractivity contribution in [2.75, 3.05) is 13.6 Å². The average molecular weight is 228 g/mol. The Morgan fingerprint density at radius 3 is 2.25 bits per heavy atom. The molecule has 0 radical (unpaired) electrons. The fourth-order valence-corrected chi connectivity index (χ4v) is 1.69. The molecule has 0 aliphatic heterocycles. The Bertz CT molecular complexity index is 192. The summed E-state index contributed by atoms with van der Waals surface area (Å²) in [5.41, 5.74) is 0. The van der Waals surface area contributed by atoms with Crippen molar-refractivity contribution in [1.29, 1.82) is 0 Å². The fraction of sp³-hybridized carbons (Fsp3) is 0.923. The van der Waals surface area contributed by atoms with Crippen LogP contribution in [0.25, 0.3) is 0 Å². The molecule has 0 aliphatic carbocycles. The van der Waals surface area contributed by atoms with E-state index in [9.17, 15) is 4.79 Å². The minimum atomic E-state index is 0.0533. The first-order valence-electron chi connectivity index (χ1n) is 6.42. The SMILES string of the molecule is CNCC(C)C(=O)NC(C)CCCC(C)C. The van der Waals surface area contributed by atoms with E-state index in [1.54, 1.807) is 0 Å². The molecule has 3 heteroatoms. The summed E-state index contributed by atoms with van der Waals surface area (Å²) in [7, 11) is 1.87. The zero-order valence-electron chi connectivity index (χ0n) is 11.5. The van der Waals surface area contributed by atoms with Crippen LogP contribution in [0, 0.1) is 11.8 Å². The highest BCUT2D eigenvalue weighted by Gasteiger charge is 2.13. The van der Waals surface area contributed by atoms with Crippen molar-refractivity contribution >= 4 is 5.91 Å². The maximum Gasteiger partial charge on any atom is 0.224 e. The average Bonchev–Trinajstić information content (AvgIpc) is 2.17. The molecule has 0 aromatic rings. The van der Waals surface area contributed by atoms with Crippen LogP contribution in [-0.4, -0.2) is 25.5 Å². The Balaban J connectivity index is 3.69. The topological polar surface area (TPSA) is 41.1 Å². The van der Waals surface area contributed by atoms with E-state index in [-0.39, 0.29) is 11.8 Å². The summed E-state index contributed by atoms with van der Waals surface area (Å²) in [5, 5.41) is 6.08. The van der Waals surface area contributed by atoms with E-state index in [2.05, 4.69) is 31.4 Å². The molecule has 2 N–H and O–H groups in total. The molecule has 0 rings (SSSR count). The Labute approximate surface area is 100 Å². The van der Waals surface area contributed by atoms with Gasteiger partial charge in [-0.3, -0.25) is 4.79 Å². The van der Waals surface area contributed by atoms with Crippen molar-refractivity contribution in [2.24, 2.45) is 11.8 Å². The van der Waals surface area contributed by atoms with Crippen LogP contribution in [0.2, 0.25) is 0 Å². The first-order valence-corrected chi connectivity index (χ1v) is 6.42. The number of carbonyl (C=O) groups is 1. The van der Waals surface area contributed by atoms with Crippen molar-refractivity contribution in [2.45, 2.75) is 53.0 Å². The zero-order valence-corrected chi connectivity index (χ0v) is 11.5. The van der Waals surface area contributed by atoms with Crippen LogP contribution in [-0.2, 0) is 4.79 Å². The number of hydrogen-bond acceptors (Lipinski definition) is 2. The lowest BCUT2D eigenvalue weighted by atomic mass is 10.0. The molecule has 0 aromatic heterocycles. The van der Waals surface area contributed by atoms with Gasteiger partial charge in [-0.1, -0.05) is 33.6 Å². The Hall–Kier alpha value is -0.570. The molecule has 3 nitrogen and oxygen atoms in total. The number of carbonyl (C=O) groups excluding carboxylic acids is 1. The van der Waals surface area contributed by atoms with Gasteiger partial charge in [0.05, 0.1) is 0 Å². The normalized spacial score (nSPS) is 14.9. The fourth-order valence-electron chi connectivity index (χ4n) is 1.69. The first kappa shape index (κ1) is 15.4. The monoisotopic (exact) mass is 228 g/mol. The van der Waals surface area contributed by atoms with Crippen molar-refractivity contribution in [3.63, 3.8) is 0 Å². The largest absolute Gasteiger partial charge is 0.353 e. The van der Waals surface area contributed by atoms with Gasteiger partial charge in [0.25, 0.3) is 0 Å². The molecule has 0 heterocycles. The number of amides is 1. The van der Waals surface area contributed by atoms with Crippen LogP contribution in [0.5, 0.6) is 0 Å². The van der Waals surface area contributed by atoms with Crippen LogP contribution < -0.4 is 10.6 Å². The first-order chi connectivity index (χ1) is 7.47. The van der Waals surface area contributed by atoms with Crippen LogP contribution in [0.15, 0.2) is 0 Å². The number of nitrogens with one attached hydrogen (secondary N) is 2. The highest BCUT2D eigenvalue weighted by Crippen LogP contribution is 2.08. The summed E-state index contributed by atoms with van der Waals surface area (Å²) >= 11 is 0. The molecule has 2 atom stereocenters. The van der Waals surface area contributed by atoms with E-state index in [0.717, 1.165) is 18.9 Å². The van der Waals surface area contributed by atoms with Gasteiger partial charge < -0.3 is 10.6 Å². The van der Waals surface area contributed by atoms with Crippen LogP contribution in [0.3, 0.4) is 0 Å². The number of hydrogen-bond donors (Lipinski definition) is 2. The Morgan fingerprint density at radius 1 is 1.12 bits per heavy atom. The van der Waals surface area contributed by atoms with Crippen molar-refractivity contribution < 1.29 is 4.79 Å². The predicted molar refractivity (Wildman–Crippen MR) is 69.4 cm³/mol. The second-order valence-electron chi connectivity index (χ2n) is 5.19. The quantitative estimate of drug-likeness (QED) is 0.668. The molecule has 16 heavy (non-hydrogen) atoms. The third-order valence-corrected chi connectivity index (χ3v) is 2.77. The van der Waals surface area contributed by atoms with Gasteiger partial charge in [-0.15, -0.1) is 0 Å². The second-order valence-corrected chi connectivity index (χ2v) is 5.19. The molecule has 0 saturated heterocycles. The van der Waals surface area contributed by atoms with E-state index in [1.807, 2.05) is 14.0 Å². The minimum absolute atomic E-state index is 0.0533. The lowest BCUT2D eigenvalue weighted by Crippen LogP contribution is -2.39. The molecular weight excluding hydrogens is 200 g/mol. The van der Waals surface area contributed by atoms with Gasteiger partial charge in [0.2, 0.25) is 5.91 Å². The third kappa shape index (κ3) is 7.69. The maximum atomic E-state index is 11.7. The van der Waals surface area contributed by atoms with Gasteiger partial charge in [-0.2, -0.15) is 0 Å². The van der Waals surface area contributed by atoms with Gasteiger partial charge >= 0.3 is 0 Å². The summed E-state index contributed by atoms with van der Waals surface area (Å²) in [6, 6.07) is 0.297. The summed E-state index contributed by atoms with van der Waals surface area (Å²) in [5.74, 6) is 0.968. The summed E-state index contributed by atoms with van der Waals surface area (Å²) in [4.78, 5) is 11.7. The van der Waals surface area contributed by atoms with Crippen LogP contribution in [0.4, 0.5) is 0 Å². The maximum absolute atomic E-state index is 11.7. The lowest BCUT2D eigenvalue weighted by Gasteiger charge is -2.17. The van der Waals surface area contributed by atoms with E-state index in [0.29, 0.717) is 6.04 Å². The lowest BCUT2D eigenvalue weighted by molar-refractivity contribution is -0.125. The molecule has 1 amide bonds. The van der Waals surface area contributed by atoms with E-state index >= 15 is 0 Å². The second kappa shape index (κ2) is 8.57. The predicted octanol–water partition coefficient (Wildman–Crippen LogP) is 2.17. The summed E-state index contributed by atoms with van der Waals surface area (Å²) in [6.45, 7) is 9.25. The highest BCUT2D eigenvalue weighted by molar-refractivity contribution is 5.78. The zero-order chi connectivity index (χ0) is 12.6. The van der Waals surface area contributed by atoms with Crippen molar-refractivity contribution in [1.82, 2.24) is 10.6 Å². The van der Waals surface area contributed by atoms with Gasteiger partial charge in [0.15, 0.2) is 0 Å². The van der Waals surface area contributed by atoms with Crippen LogP contribution >= 0.6 is 0 Å². The minimum Gasteiger partial charge on any atom is -0.353 e. The van der Waals surface area contributed by atoms with Gasteiger partial charge in [0.1, 0.15) is 0 Å². The summed E-state index contributed by atoms with van der Waals surface area (Å²) < 4.78 is 0. The molecule has 2 unspecified atom stereocenters. The standard InChI is InChI=1S/C13H28N2O/c1-10(2)7-6-8-12(4)15-13(16)11(3)9-14-5/h10-12,14H,6-9H2,1-5H3,(H,15,16). The van der Waals surface area contributed by atoms with Crippen molar-refractivity contribution in [3.8, 4) is 0 Å². The van der Waals surface area contributed by atoms with Gasteiger partial charge in [-0.25, -0.2) is 0 Å². The van der Waals surface area contributed by atoms with E-state index in [4.69, 9.17) is 0 Å². The molecule has 0 aromatic carbocycles. The van der Waals surface area contributed by atoms with Gasteiger partial charge in [0, 0.05) is 18.5 Å². The Morgan fingerprint density at radius 2 is 1.75 bits per heavy atom. The van der Waals surface area contributed by atoms with E-state index in [1.165, 1.54) is 12.8 Å². The van der Waals surface area contributed by atoms with E-state index < -0.39 is 0 Å². The van der Waals surface area contributed by atoms with Crippen LogP contribution in [0.1, 0.15) is 47.0 Å². The van der Waals surface area contributed by atoms with Gasteiger partial charge in [-0.05, 0) is 26.3 Å². The molecule has 0 fully saturated rings. The highest BCUT2D eigenvalue weighted by atomic mass is 16.1. The molecule has 0 aliphatic rings. The smallest absolute Gasteiger partial charge is 0.224 e. The molecule has 0 spiro atoms. The third-order valence-electron chi connectivity index (χ3n) is 2.77. The number of rotatable bonds is 8. The van der Waals surface area contributed by atoms with Crippen molar-refractivity contribution in [3.05, 3.63) is 0 Å². The molecule has 96 valence electrons. The molecule has 0 saturated carbocycles. The molecule has 0 bridgehead atoms. The summed E-state index contributed by atoms with van der Waals surface area (Å²) in [6.07, 6.45) is 3.52. The molecular formula is C13H28N2O.